The molecule has 0 bridgehead atoms. The van der Waals surface area contributed by atoms with Crippen molar-refractivity contribution in [2.75, 3.05) is 5.75 Å². The molecule has 1 aromatic carbocycles. The van der Waals surface area contributed by atoms with E-state index >= 15 is 0 Å². The van der Waals surface area contributed by atoms with E-state index in [1.54, 1.807) is 0 Å². The summed E-state index contributed by atoms with van der Waals surface area (Å²) in [5, 5.41) is 0. The normalized spacial score (nSPS) is 12.1. The van der Waals surface area contributed by atoms with Gasteiger partial charge in [0.25, 0.3) is 10.0 Å². The molecule has 0 amide bonds. The highest BCUT2D eigenvalue weighted by atomic mass is 32.2. The van der Waals surface area contributed by atoms with Crippen molar-refractivity contribution in [3.8, 4) is 17.0 Å². The third-order valence-electron chi connectivity index (χ3n) is 3.68. The van der Waals surface area contributed by atoms with Crippen molar-refractivity contribution in [2.45, 2.75) is 11.8 Å². The molecule has 0 aliphatic carbocycles. The van der Waals surface area contributed by atoms with Crippen LogP contribution in [0.15, 0.2) is 66.0 Å². The van der Waals surface area contributed by atoms with Gasteiger partial charge in [0, 0.05) is 24.0 Å². The fraction of sp³-hybridized carbons (Fsp3) is 0.118. The first kappa shape index (κ1) is 19.1. The molecule has 0 aliphatic heterocycles. The maximum Gasteiger partial charge on any atom is 0.308 e. The van der Waals surface area contributed by atoms with Crippen molar-refractivity contribution >= 4 is 20.1 Å². The zero-order valence-corrected chi connectivity index (χ0v) is 15.7. The molecule has 27 heavy (non-hydrogen) atoms. The van der Waals surface area contributed by atoms with Gasteiger partial charge in [0.05, 0.1) is 17.6 Å². The lowest BCUT2D eigenvalue weighted by atomic mass is 10.1. The monoisotopic (exact) mass is 410 g/mol. The number of nitrogens with zero attached hydrogens (tertiary/aromatic N) is 2. The van der Waals surface area contributed by atoms with Gasteiger partial charge < -0.3 is 4.18 Å². The Morgan fingerprint density at radius 1 is 1.11 bits per heavy atom. The molecular weight excluding hydrogens is 395 g/mol. The third-order valence-corrected chi connectivity index (χ3v) is 6.49. The molecule has 0 saturated carbocycles. The molecule has 0 radical (unpaired) electrons. The third kappa shape index (κ3) is 3.86. The lowest BCUT2D eigenvalue weighted by Gasteiger charge is -2.10. The molecule has 3 rings (SSSR count). The maximum atomic E-state index is 14.3. The van der Waals surface area contributed by atoms with Crippen molar-refractivity contribution in [1.29, 1.82) is 0 Å². The van der Waals surface area contributed by atoms with Crippen LogP contribution in [0.1, 0.15) is 6.92 Å². The fourth-order valence-electron chi connectivity index (χ4n) is 2.35. The molecule has 0 fully saturated rings. The zero-order valence-electron chi connectivity index (χ0n) is 14.1. The van der Waals surface area contributed by atoms with Gasteiger partial charge in [0.1, 0.15) is 10.7 Å². The molecule has 3 aromatic rings. The van der Waals surface area contributed by atoms with Crippen LogP contribution in [0, 0.1) is 5.82 Å². The Labute approximate surface area is 156 Å². The molecule has 0 atom stereocenters. The summed E-state index contributed by atoms with van der Waals surface area (Å²) in [5.74, 6) is -1.20. The smallest absolute Gasteiger partial charge is 0.308 e. The van der Waals surface area contributed by atoms with Crippen LogP contribution in [0.3, 0.4) is 0 Å². The second kappa shape index (κ2) is 7.12. The lowest BCUT2D eigenvalue weighted by molar-refractivity contribution is 0.487. The SMILES string of the molecule is CCS(=O)(=O)Oc1cc(-c2ccccc2F)n(S(=O)(=O)c2cccnc2)c1. The maximum absolute atomic E-state index is 14.3. The standard InChI is InChI=1S/C17H15FN2O5S2/c1-2-26(21,22)25-13-10-17(15-7-3-4-8-16(15)18)20(12-13)27(23,24)14-6-5-9-19-11-14/h3-12H,2H2,1H3. The van der Waals surface area contributed by atoms with Crippen LogP contribution < -0.4 is 4.18 Å². The van der Waals surface area contributed by atoms with Crippen LogP contribution in [0.5, 0.6) is 5.75 Å². The van der Waals surface area contributed by atoms with E-state index in [0.29, 0.717) is 0 Å². The number of hydrogen-bond donors (Lipinski definition) is 0. The summed E-state index contributed by atoms with van der Waals surface area (Å²) >= 11 is 0. The summed E-state index contributed by atoms with van der Waals surface area (Å²) in [6.07, 6.45) is 3.55. The largest absolute Gasteiger partial charge is 0.381 e. The second-order valence-electron chi connectivity index (χ2n) is 5.46. The molecule has 0 N–H and O–H groups in total. The summed E-state index contributed by atoms with van der Waals surface area (Å²) in [6, 6.07) is 9.50. The first-order valence-electron chi connectivity index (χ1n) is 7.79. The van der Waals surface area contributed by atoms with E-state index in [0.717, 1.165) is 16.4 Å². The Kier molecular flexibility index (Phi) is 5.03. The molecule has 0 unspecified atom stereocenters. The first-order valence-corrected chi connectivity index (χ1v) is 10.8. The average molecular weight is 410 g/mol. The summed E-state index contributed by atoms with van der Waals surface area (Å²) in [4.78, 5) is 3.65. The number of hydrogen-bond acceptors (Lipinski definition) is 6. The molecule has 7 nitrogen and oxygen atoms in total. The number of halogens is 1. The summed E-state index contributed by atoms with van der Waals surface area (Å²) in [6.45, 7) is 1.39. The molecule has 0 spiro atoms. The number of aromatic nitrogens is 2. The lowest BCUT2D eigenvalue weighted by Crippen LogP contribution is -2.14. The predicted molar refractivity (Wildman–Crippen MR) is 96.7 cm³/mol. The Hall–Kier alpha value is -2.72. The molecule has 2 heterocycles. The van der Waals surface area contributed by atoms with Crippen LogP contribution in [-0.4, -0.2) is 31.5 Å². The highest BCUT2D eigenvalue weighted by Crippen LogP contribution is 2.32. The van der Waals surface area contributed by atoms with E-state index in [4.69, 9.17) is 4.18 Å². The van der Waals surface area contributed by atoms with E-state index in [2.05, 4.69) is 4.98 Å². The van der Waals surface area contributed by atoms with Gasteiger partial charge in [-0.05, 0) is 31.2 Å². The van der Waals surface area contributed by atoms with Crippen molar-refractivity contribution < 1.29 is 25.4 Å². The summed E-state index contributed by atoms with van der Waals surface area (Å²) < 4.78 is 69.4. The molecular formula is C17H15FN2O5S2. The van der Waals surface area contributed by atoms with E-state index < -0.39 is 26.0 Å². The minimum Gasteiger partial charge on any atom is -0.381 e. The average Bonchev–Trinajstić information content (AvgIpc) is 3.06. The first-order chi connectivity index (χ1) is 12.7. The van der Waals surface area contributed by atoms with Crippen LogP contribution in [0.25, 0.3) is 11.3 Å². The number of benzene rings is 1. The van der Waals surface area contributed by atoms with Gasteiger partial charge in [-0.1, -0.05) is 12.1 Å². The van der Waals surface area contributed by atoms with Crippen LogP contribution >= 0.6 is 0 Å². The second-order valence-corrected chi connectivity index (χ2v) is 9.13. The van der Waals surface area contributed by atoms with Gasteiger partial charge in [-0.15, -0.1) is 0 Å². The van der Waals surface area contributed by atoms with Gasteiger partial charge in [0.2, 0.25) is 0 Å². The molecule has 0 saturated heterocycles. The quantitative estimate of drug-likeness (QED) is 0.580. The molecule has 2 aromatic heterocycles. The van der Waals surface area contributed by atoms with Crippen molar-refractivity contribution in [2.24, 2.45) is 0 Å². The minimum atomic E-state index is -4.16. The Morgan fingerprint density at radius 3 is 2.48 bits per heavy atom. The summed E-state index contributed by atoms with van der Waals surface area (Å²) in [5.41, 5.74) is -0.0908. The van der Waals surface area contributed by atoms with Gasteiger partial charge in [-0.3, -0.25) is 4.98 Å². The van der Waals surface area contributed by atoms with Crippen molar-refractivity contribution in [1.82, 2.24) is 8.96 Å². The van der Waals surface area contributed by atoms with Crippen LogP contribution in [0.2, 0.25) is 0 Å². The molecule has 142 valence electrons. The predicted octanol–water partition coefficient (Wildman–Crippen LogP) is 2.65. The van der Waals surface area contributed by atoms with Crippen molar-refractivity contribution in [3.05, 3.63) is 66.9 Å². The van der Waals surface area contributed by atoms with Gasteiger partial charge in [-0.25, -0.2) is 16.8 Å². The van der Waals surface area contributed by atoms with E-state index in [1.807, 2.05) is 0 Å². The molecule has 0 aliphatic rings. The topological polar surface area (TPSA) is 95.3 Å². The van der Waals surface area contributed by atoms with Crippen LogP contribution in [-0.2, 0) is 20.1 Å². The van der Waals surface area contributed by atoms with Gasteiger partial charge in [0.15, 0.2) is 5.75 Å². The zero-order chi connectivity index (χ0) is 19.7. The Balaban J connectivity index is 2.23. The Bertz CT molecular complexity index is 1170. The van der Waals surface area contributed by atoms with Crippen LogP contribution in [0.4, 0.5) is 4.39 Å². The van der Waals surface area contributed by atoms with E-state index in [1.165, 1.54) is 55.6 Å². The van der Waals surface area contributed by atoms with Gasteiger partial charge >= 0.3 is 10.1 Å². The van der Waals surface area contributed by atoms with E-state index in [9.17, 15) is 21.2 Å². The fourth-order valence-corrected chi connectivity index (χ4v) is 4.18. The highest BCUT2D eigenvalue weighted by Gasteiger charge is 2.25. The Morgan fingerprint density at radius 2 is 1.85 bits per heavy atom. The molecule has 10 heteroatoms. The van der Waals surface area contributed by atoms with Gasteiger partial charge in [-0.2, -0.15) is 8.42 Å². The summed E-state index contributed by atoms with van der Waals surface area (Å²) in [7, 11) is -8.06. The highest BCUT2D eigenvalue weighted by molar-refractivity contribution is 7.90. The van der Waals surface area contributed by atoms with Crippen molar-refractivity contribution in [3.63, 3.8) is 0 Å². The number of pyridine rings is 1. The van der Waals surface area contributed by atoms with E-state index in [-0.39, 0.29) is 27.7 Å². The number of rotatable bonds is 6. The minimum absolute atomic E-state index is 0.0197.